The van der Waals surface area contributed by atoms with Crippen LogP contribution in [-0.2, 0) is 4.79 Å². The van der Waals surface area contributed by atoms with E-state index in [0.717, 1.165) is 0 Å². The van der Waals surface area contributed by atoms with Gasteiger partial charge in [-0.05, 0) is 19.3 Å². The van der Waals surface area contributed by atoms with Gasteiger partial charge in [-0.3, -0.25) is 4.79 Å². The lowest BCUT2D eigenvalue weighted by Crippen LogP contribution is -2.30. The third-order valence-corrected chi connectivity index (χ3v) is 2.49. The molecule has 0 aromatic carbocycles. The van der Waals surface area contributed by atoms with E-state index in [9.17, 15) is 15.0 Å². The quantitative estimate of drug-likeness (QED) is 0.562. The van der Waals surface area contributed by atoms with Crippen molar-refractivity contribution >= 4 is 5.78 Å². The number of Topliss-reactive ketones (excluding diaryl/α,β-unsaturated/α-hetero) is 1. The zero-order valence-electron chi connectivity index (χ0n) is 6.82. The molecule has 0 bridgehead atoms. The minimum absolute atomic E-state index is 0.0269. The predicted octanol–water partition coefficient (Wildman–Crippen LogP) is -0.0468. The van der Waals surface area contributed by atoms with E-state index in [1.54, 1.807) is 0 Å². The fraction of sp³-hybridized carbons (Fsp3) is 0.875. The number of hydrogen-bond acceptors (Lipinski definition) is 3. The first-order chi connectivity index (χ1) is 5.04. The number of carbonyl (C=O) groups is 1. The van der Waals surface area contributed by atoms with Gasteiger partial charge in [0.2, 0.25) is 0 Å². The molecule has 1 aliphatic carbocycles. The summed E-state index contributed by atoms with van der Waals surface area (Å²) >= 11 is 0. The maximum Gasteiger partial charge on any atom is 0.135 e. The minimum atomic E-state index is -0.845. The minimum Gasteiger partial charge on any atom is -0.390 e. The van der Waals surface area contributed by atoms with Crippen molar-refractivity contribution in [3.63, 3.8) is 0 Å². The Morgan fingerprint density at radius 2 is 1.91 bits per heavy atom. The molecule has 1 saturated carbocycles. The lowest BCUT2D eigenvalue weighted by atomic mass is 10.0. The summed E-state index contributed by atoms with van der Waals surface area (Å²) in [4.78, 5) is 10.9. The van der Waals surface area contributed by atoms with Crippen LogP contribution >= 0.6 is 0 Å². The Morgan fingerprint density at radius 3 is 2.09 bits per heavy atom. The molecule has 0 saturated heterocycles. The highest BCUT2D eigenvalue weighted by atomic mass is 16.3. The van der Waals surface area contributed by atoms with Crippen molar-refractivity contribution in [3.8, 4) is 0 Å². The van der Waals surface area contributed by atoms with E-state index < -0.39 is 12.2 Å². The molecule has 0 aromatic rings. The molecular weight excluding hydrogens is 144 g/mol. The average Bonchev–Trinajstić information content (AvgIpc) is 2.17. The second-order valence-electron chi connectivity index (χ2n) is 3.41. The Bertz CT molecular complexity index is 167. The van der Waals surface area contributed by atoms with Crippen molar-refractivity contribution in [3.05, 3.63) is 0 Å². The molecule has 0 unspecified atom stereocenters. The largest absolute Gasteiger partial charge is 0.390 e. The van der Waals surface area contributed by atoms with Crippen LogP contribution in [-0.4, -0.2) is 28.2 Å². The summed E-state index contributed by atoms with van der Waals surface area (Å²) in [6, 6.07) is 0. The van der Waals surface area contributed by atoms with E-state index in [0.29, 0.717) is 6.42 Å². The van der Waals surface area contributed by atoms with Gasteiger partial charge in [0.15, 0.2) is 0 Å². The number of aliphatic hydroxyl groups is 2. The molecule has 0 heterocycles. The fourth-order valence-corrected chi connectivity index (χ4v) is 1.66. The first-order valence-electron chi connectivity index (χ1n) is 3.90. The molecule has 3 heteroatoms. The molecule has 0 aliphatic heterocycles. The van der Waals surface area contributed by atoms with Gasteiger partial charge in [0, 0.05) is 5.92 Å². The highest BCUT2D eigenvalue weighted by molar-refractivity contribution is 5.79. The Labute approximate surface area is 66.0 Å². The fourth-order valence-electron chi connectivity index (χ4n) is 1.66. The van der Waals surface area contributed by atoms with Gasteiger partial charge < -0.3 is 10.2 Å². The van der Waals surface area contributed by atoms with Crippen LogP contribution in [0.5, 0.6) is 0 Å². The Hall–Kier alpha value is -0.410. The normalized spacial score (nSPS) is 44.4. The van der Waals surface area contributed by atoms with Crippen LogP contribution in [0.25, 0.3) is 0 Å². The van der Waals surface area contributed by atoms with Crippen molar-refractivity contribution in [2.24, 2.45) is 11.8 Å². The average molecular weight is 158 g/mol. The van der Waals surface area contributed by atoms with Crippen LogP contribution in [0.1, 0.15) is 20.3 Å². The summed E-state index contributed by atoms with van der Waals surface area (Å²) in [5, 5.41) is 18.6. The summed E-state index contributed by atoms with van der Waals surface area (Å²) in [5.74, 6) is -0.334. The molecule has 1 rings (SSSR count). The van der Waals surface area contributed by atoms with Crippen LogP contribution < -0.4 is 0 Å². The molecule has 3 nitrogen and oxygen atoms in total. The standard InChI is InChI=1S/C8H14O3/c1-4-3-6(5(2)9)8(11)7(4)10/h4,6-8,10-11H,3H2,1-2H3/t4-,6-,7+,8-/m1/s1. The van der Waals surface area contributed by atoms with Gasteiger partial charge in [-0.15, -0.1) is 0 Å². The van der Waals surface area contributed by atoms with Crippen molar-refractivity contribution in [2.45, 2.75) is 32.5 Å². The topological polar surface area (TPSA) is 57.5 Å². The van der Waals surface area contributed by atoms with E-state index in [4.69, 9.17) is 0 Å². The molecule has 2 N–H and O–H groups in total. The van der Waals surface area contributed by atoms with Crippen LogP contribution in [0.15, 0.2) is 0 Å². The van der Waals surface area contributed by atoms with Crippen molar-refractivity contribution in [2.75, 3.05) is 0 Å². The number of aliphatic hydroxyl groups excluding tert-OH is 2. The Balaban J connectivity index is 2.67. The van der Waals surface area contributed by atoms with Crippen molar-refractivity contribution in [1.29, 1.82) is 0 Å². The van der Waals surface area contributed by atoms with Crippen LogP contribution in [0, 0.1) is 11.8 Å². The van der Waals surface area contributed by atoms with Crippen LogP contribution in [0.4, 0.5) is 0 Å². The van der Waals surface area contributed by atoms with Gasteiger partial charge in [-0.25, -0.2) is 0 Å². The van der Waals surface area contributed by atoms with E-state index in [1.807, 2.05) is 6.92 Å². The zero-order valence-corrected chi connectivity index (χ0v) is 6.82. The van der Waals surface area contributed by atoms with Gasteiger partial charge in [-0.1, -0.05) is 6.92 Å². The Kier molecular flexibility index (Phi) is 2.30. The maximum atomic E-state index is 10.9. The monoisotopic (exact) mass is 158 g/mol. The summed E-state index contributed by atoms with van der Waals surface area (Å²) in [5.41, 5.74) is 0. The van der Waals surface area contributed by atoms with E-state index >= 15 is 0 Å². The second-order valence-corrected chi connectivity index (χ2v) is 3.41. The number of ketones is 1. The van der Waals surface area contributed by atoms with Crippen LogP contribution in [0.3, 0.4) is 0 Å². The third kappa shape index (κ3) is 1.44. The molecule has 0 amide bonds. The van der Waals surface area contributed by atoms with Gasteiger partial charge in [0.05, 0.1) is 12.2 Å². The van der Waals surface area contributed by atoms with Crippen LogP contribution in [0.2, 0.25) is 0 Å². The molecule has 64 valence electrons. The summed E-state index contributed by atoms with van der Waals surface area (Å²) in [6.07, 6.45) is -0.955. The third-order valence-electron chi connectivity index (χ3n) is 2.49. The van der Waals surface area contributed by atoms with Gasteiger partial charge in [-0.2, -0.15) is 0 Å². The van der Waals surface area contributed by atoms with Gasteiger partial charge >= 0.3 is 0 Å². The van der Waals surface area contributed by atoms with Crippen molar-refractivity contribution in [1.82, 2.24) is 0 Å². The lowest BCUT2D eigenvalue weighted by molar-refractivity contribution is -0.124. The molecule has 11 heavy (non-hydrogen) atoms. The van der Waals surface area contributed by atoms with Crippen molar-refractivity contribution < 1.29 is 15.0 Å². The summed E-state index contributed by atoms with van der Waals surface area (Å²) in [6.45, 7) is 3.30. The number of carbonyl (C=O) groups excluding carboxylic acids is 1. The molecule has 0 radical (unpaired) electrons. The molecule has 1 aliphatic rings. The van der Waals surface area contributed by atoms with E-state index in [-0.39, 0.29) is 17.6 Å². The molecular formula is C8H14O3. The Morgan fingerprint density at radius 1 is 1.36 bits per heavy atom. The first kappa shape index (κ1) is 8.68. The zero-order chi connectivity index (χ0) is 8.59. The highest BCUT2D eigenvalue weighted by Gasteiger charge is 2.40. The molecule has 0 aromatic heterocycles. The second kappa shape index (κ2) is 2.91. The van der Waals surface area contributed by atoms with Gasteiger partial charge in [0.1, 0.15) is 5.78 Å². The smallest absolute Gasteiger partial charge is 0.135 e. The maximum absolute atomic E-state index is 10.9. The summed E-state index contributed by atoms with van der Waals surface area (Å²) in [7, 11) is 0. The molecule has 4 atom stereocenters. The summed E-state index contributed by atoms with van der Waals surface area (Å²) < 4.78 is 0. The lowest BCUT2D eigenvalue weighted by Gasteiger charge is -2.13. The SMILES string of the molecule is CC(=O)[C@H]1C[C@@H](C)[C@H](O)[C@@H]1O. The number of rotatable bonds is 1. The molecule has 0 spiro atoms. The van der Waals surface area contributed by atoms with E-state index in [1.165, 1.54) is 6.92 Å². The van der Waals surface area contributed by atoms with Gasteiger partial charge in [0.25, 0.3) is 0 Å². The predicted molar refractivity (Wildman–Crippen MR) is 40.0 cm³/mol. The molecule has 1 fully saturated rings. The highest BCUT2D eigenvalue weighted by Crippen LogP contribution is 2.31. The van der Waals surface area contributed by atoms with E-state index in [2.05, 4.69) is 0 Å². The number of hydrogen-bond donors (Lipinski definition) is 2. The first-order valence-corrected chi connectivity index (χ1v) is 3.90.